The van der Waals surface area contributed by atoms with Crippen molar-refractivity contribution in [2.45, 2.75) is 85.0 Å². The molecular weight excluding hydrogens is 555 g/mol. The lowest BCUT2D eigenvalue weighted by Gasteiger charge is -2.33. The van der Waals surface area contributed by atoms with Crippen molar-refractivity contribution in [1.29, 1.82) is 0 Å². The minimum Gasteiger partial charge on any atom is -0.438 e. The number of pyridine rings is 2. The van der Waals surface area contributed by atoms with Crippen LogP contribution in [0.1, 0.15) is 73.5 Å². The molecule has 7 rings (SSSR count). The molecule has 0 saturated heterocycles. The summed E-state index contributed by atoms with van der Waals surface area (Å²) < 4.78 is 8.93. The van der Waals surface area contributed by atoms with Crippen LogP contribution in [-0.4, -0.2) is 18.8 Å². The normalized spacial score (nSPS) is 19.7. The van der Waals surface area contributed by atoms with Gasteiger partial charge in [-0.05, 0) is 91.6 Å². The molecule has 4 nitrogen and oxygen atoms in total. The van der Waals surface area contributed by atoms with Crippen LogP contribution < -0.4 is 9.75 Å². The summed E-state index contributed by atoms with van der Waals surface area (Å²) in [6, 6.07) is 20.6. The first kappa shape index (κ1) is 28.9. The molecule has 5 heteroatoms. The van der Waals surface area contributed by atoms with Gasteiger partial charge in [-0.1, -0.05) is 58.3 Å². The third-order valence-corrected chi connectivity index (χ3v) is 11.8. The van der Waals surface area contributed by atoms with Crippen molar-refractivity contribution in [3.8, 4) is 11.3 Å². The molecule has 44 heavy (non-hydrogen) atoms. The number of fused-ring (bicyclic) bond motifs is 10. The zero-order chi connectivity index (χ0) is 30.9. The summed E-state index contributed by atoms with van der Waals surface area (Å²) in [6.07, 6.45) is 6.48. The van der Waals surface area contributed by atoms with E-state index in [0.29, 0.717) is 17.5 Å². The van der Waals surface area contributed by atoms with Gasteiger partial charge in [-0.3, -0.25) is 4.99 Å². The number of furan rings is 1. The molecule has 3 aromatic heterocycles. The van der Waals surface area contributed by atoms with Gasteiger partial charge < -0.3 is 4.42 Å². The predicted octanol–water partition coefficient (Wildman–Crippen LogP) is 8.99. The molecular formula is C39H44N3OSi+. The fourth-order valence-electron chi connectivity index (χ4n) is 7.70. The first-order valence-corrected chi connectivity index (χ1v) is 19.7. The lowest BCUT2D eigenvalue weighted by Crippen LogP contribution is -2.54. The zero-order valence-electron chi connectivity index (χ0n) is 27.3. The minimum atomic E-state index is -1.60. The lowest BCUT2D eigenvalue weighted by atomic mass is 9.77. The van der Waals surface area contributed by atoms with Crippen LogP contribution in [0.4, 0.5) is 0 Å². The van der Waals surface area contributed by atoms with Gasteiger partial charge in [-0.25, -0.2) is 4.98 Å². The quantitative estimate of drug-likeness (QED) is 0.154. The largest absolute Gasteiger partial charge is 0.438 e. The number of aromatic nitrogens is 2. The Kier molecular flexibility index (Phi) is 7.00. The van der Waals surface area contributed by atoms with Crippen LogP contribution in [0, 0.1) is 12.8 Å². The SMILES string of the molecule is C=C1CC2C(CCc3cc4oc5nc(C)ccc5c4cc3/C(C)=N\1)c1ccccc1-c1cc(CC(C)C)c([Si](C)(C)C)c[n+]12. The van der Waals surface area contributed by atoms with Crippen molar-refractivity contribution < 1.29 is 8.98 Å². The summed E-state index contributed by atoms with van der Waals surface area (Å²) in [4.78, 5) is 9.86. The van der Waals surface area contributed by atoms with Crippen LogP contribution in [0.3, 0.4) is 0 Å². The van der Waals surface area contributed by atoms with Crippen LogP contribution in [0.25, 0.3) is 33.3 Å². The molecule has 2 unspecified atom stereocenters. The van der Waals surface area contributed by atoms with Gasteiger partial charge in [0.1, 0.15) is 5.58 Å². The van der Waals surface area contributed by atoms with Crippen LogP contribution in [0.5, 0.6) is 0 Å². The zero-order valence-corrected chi connectivity index (χ0v) is 28.3. The summed E-state index contributed by atoms with van der Waals surface area (Å²) >= 11 is 0. The van der Waals surface area contributed by atoms with E-state index in [-0.39, 0.29) is 6.04 Å². The van der Waals surface area contributed by atoms with Crippen molar-refractivity contribution in [1.82, 2.24) is 4.98 Å². The second-order valence-corrected chi connectivity index (χ2v) is 19.6. The third kappa shape index (κ3) is 4.95. The molecule has 0 amide bonds. The second-order valence-electron chi connectivity index (χ2n) is 14.5. The molecule has 0 aliphatic carbocycles. The Hall–Kier alpha value is -3.83. The van der Waals surface area contributed by atoms with Crippen LogP contribution in [0.2, 0.25) is 19.6 Å². The van der Waals surface area contributed by atoms with Crippen molar-refractivity contribution in [3.63, 3.8) is 0 Å². The maximum absolute atomic E-state index is 6.31. The van der Waals surface area contributed by atoms with E-state index in [1.165, 1.54) is 33.5 Å². The van der Waals surface area contributed by atoms with Gasteiger partial charge >= 0.3 is 0 Å². The molecule has 5 heterocycles. The molecule has 224 valence electrons. The number of rotatable bonds is 3. The monoisotopic (exact) mass is 598 g/mol. The number of hydrogen-bond donors (Lipinski definition) is 0. The Morgan fingerprint density at radius 3 is 2.57 bits per heavy atom. The van der Waals surface area contributed by atoms with Gasteiger partial charge in [0.25, 0.3) is 0 Å². The fourth-order valence-corrected chi connectivity index (χ4v) is 9.37. The molecule has 2 aromatic carbocycles. The molecule has 0 spiro atoms. The van der Waals surface area contributed by atoms with Crippen LogP contribution in [-0.2, 0) is 12.8 Å². The number of aliphatic imine (C=N–C) groups is 1. The van der Waals surface area contributed by atoms with E-state index in [1.54, 1.807) is 5.19 Å². The Balaban J connectivity index is 1.40. The van der Waals surface area contributed by atoms with Gasteiger partial charge in [-0.2, -0.15) is 4.57 Å². The number of nitrogens with zero attached hydrogens (tertiary/aromatic N) is 3. The average molecular weight is 599 g/mol. The van der Waals surface area contributed by atoms with Crippen molar-refractivity contribution in [2.24, 2.45) is 10.9 Å². The third-order valence-electron chi connectivity index (χ3n) is 9.68. The highest BCUT2D eigenvalue weighted by molar-refractivity contribution is 6.89. The predicted molar refractivity (Wildman–Crippen MR) is 186 cm³/mol. The van der Waals surface area contributed by atoms with E-state index < -0.39 is 8.07 Å². The highest BCUT2D eigenvalue weighted by atomic mass is 28.3. The van der Waals surface area contributed by atoms with Crippen molar-refractivity contribution in [3.05, 3.63) is 101 Å². The number of benzene rings is 2. The smallest absolute Gasteiger partial charge is 0.227 e. The van der Waals surface area contributed by atoms with Crippen molar-refractivity contribution in [2.75, 3.05) is 0 Å². The molecule has 0 bridgehead atoms. The van der Waals surface area contributed by atoms with Crippen LogP contribution in [0.15, 0.2) is 82.5 Å². The summed E-state index contributed by atoms with van der Waals surface area (Å²) in [5.74, 6) is 0.964. The fraction of sp³-hybridized carbons (Fsp3) is 0.359. The molecule has 0 radical (unpaired) electrons. The molecule has 2 aliphatic rings. The van der Waals surface area contributed by atoms with E-state index in [2.05, 4.69) is 117 Å². The van der Waals surface area contributed by atoms with Gasteiger partial charge in [0.15, 0.2) is 12.2 Å². The molecule has 2 aliphatic heterocycles. The second kappa shape index (κ2) is 10.7. The summed E-state index contributed by atoms with van der Waals surface area (Å²) in [7, 11) is -1.60. The standard InChI is InChI=1S/C39H44N3OSi/c1-23(2)17-28-19-36-30-12-10-9-11-29(30)31-16-14-27-20-37-34(32-15-13-24(3)41-39(32)43-37)21-33(27)26(5)40-25(4)18-35(31)42(36)22-38(28)44(6,7)8/h9-13,15,19-23,31,35H,4,14,16-18H2,1-3,5-8H3/q+1/b40-26-. The molecule has 0 N–H and O–H groups in total. The molecule has 0 fully saturated rings. The number of hydrogen-bond acceptors (Lipinski definition) is 3. The molecule has 5 aromatic rings. The van der Waals surface area contributed by atoms with E-state index in [0.717, 1.165) is 59.1 Å². The first-order chi connectivity index (χ1) is 21.0. The highest BCUT2D eigenvalue weighted by Crippen LogP contribution is 2.44. The maximum Gasteiger partial charge on any atom is 0.227 e. The van der Waals surface area contributed by atoms with Gasteiger partial charge in [0.2, 0.25) is 11.4 Å². The summed E-state index contributed by atoms with van der Waals surface area (Å²) in [5, 5.41) is 3.74. The topological polar surface area (TPSA) is 42.3 Å². The molecule has 0 saturated carbocycles. The average Bonchev–Trinajstić information content (AvgIpc) is 3.31. The van der Waals surface area contributed by atoms with E-state index in [4.69, 9.17) is 9.41 Å². The first-order valence-electron chi connectivity index (χ1n) is 16.2. The Bertz CT molecular complexity index is 1990. The lowest BCUT2D eigenvalue weighted by molar-refractivity contribution is -0.717. The van der Waals surface area contributed by atoms with Gasteiger partial charge in [0.05, 0.1) is 14.5 Å². The Morgan fingerprint density at radius 2 is 1.80 bits per heavy atom. The summed E-state index contributed by atoms with van der Waals surface area (Å²) in [5.41, 5.74) is 12.7. The molecule has 2 atom stereocenters. The van der Waals surface area contributed by atoms with Crippen LogP contribution >= 0.6 is 0 Å². The van der Waals surface area contributed by atoms with E-state index in [1.807, 2.05) is 6.92 Å². The number of aryl methyl sites for hydroxylation is 2. The van der Waals surface area contributed by atoms with Gasteiger partial charge in [-0.15, -0.1) is 0 Å². The Labute approximate surface area is 262 Å². The Morgan fingerprint density at radius 1 is 1.00 bits per heavy atom. The van der Waals surface area contributed by atoms with E-state index in [9.17, 15) is 0 Å². The number of allylic oxidation sites excluding steroid dienone is 1. The van der Waals surface area contributed by atoms with Crippen molar-refractivity contribution >= 4 is 41.0 Å². The minimum absolute atomic E-state index is 0.260. The van der Waals surface area contributed by atoms with E-state index >= 15 is 0 Å². The maximum atomic E-state index is 6.31. The summed E-state index contributed by atoms with van der Waals surface area (Å²) in [6.45, 7) is 20.8. The highest BCUT2D eigenvalue weighted by Gasteiger charge is 2.42. The van der Waals surface area contributed by atoms with Gasteiger partial charge in [0, 0.05) is 50.6 Å².